The smallest absolute Gasteiger partial charge is 0.192 e. The summed E-state index contributed by atoms with van der Waals surface area (Å²) in [5.74, 6) is 0. The van der Waals surface area contributed by atoms with E-state index < -0.39 is 0 Å². The highest BCUT2D eigenvalue weighted by molar-refractivity contribution is 14.1. The highest BCUT2D eigenvalue weighted by Crippen LogP contribution is 2.08. The predicted octanol–water partition coefficient (Wildman–Crippen LogP) is 2.85. The normalized spacial score (nSPS) is 11.7. The van der Waals surface area contributed by atoms with Gasteiger partial charge in [-0.1, -0.05) is 0 Å². The van der Waals surface area contributed by atoms with Gasteiger partial charge in [-0.25, -0.2) is 0 Å². The Morgan fingerprint density at radius 1 is 1.23 bits per heavy atom. The lowest BCUT2D eigenvalue weighted by molar-refractivity contribution is -0.109. The van der Waals surface area contributed by atoms with Crippen LogP contribution < -0.4 is 0 Å². The molecule has 0 radical (unpaired) electrons. The first-order valence-corrected chi connectivity index (χ1v) is 5.97. The van der Waals surface area contributed by atoms with E-state index in [4.69, 9.17) is 0 Å². The molecule has 0 aromatic rings. The van der Waals surface area contributed by atoms with E-state index in [1.165, 1.54) is 0 Å². The van der Waals surface area contributed by atoms with Crippen molar-refractivity contribution in [1.29, 1.82) is 0 Å². The Hall–Kier alpha value is 0.360. The van der Waals surface area contributed by atoms with E-state index in [0.29, 0.717) is 18.5 Å². The van der Waals surface area contributed by atoms with Crippen molar-refractivity contribution in [3.63, 3.8) is 0 Å². The van der Waals surface area contributed by atoms with Crippen LogP contribution in [0.2, 0.25) is 0 Å². The summed E-state index contributed by atoms with van der Waals surface area (Å²) in [4.78, 5) is 13.1. The fourth-order valence-corrected chi connectivity index (χ4v) is 1.89. The molecule has 0 N–H and O–H groups in total. The fourth-order valence-electron chi connectivity index (χ4n) is 1.51. The van der Waals surface area contributed by atoms with Gasteiger partial charge in [-0.3, -0.25) is 9.69 Å². The maximum absolute atomic E-state index is 10.7. The molecule has 0 spiro atoms. The first-order valence-electron chi connectivity index (χ1n) is 4.89. The van der Waals surface area contributed by atoms with Gasteiger partial charge in [-0.15, -0.1) is 0 Å². The summed E-state index contributed by atoms with van der Waals surface area (Å²) in [5, 5.41) is 0. The van der Waals surface area contributed by atoms with Gasteiger partial charge in [0.1, 0.15) is 0 Å². The number of hydrogen-bond acceptors (Lipinski definition) is 2. The van der Waals surface area contributed by atoms with Crippen molar-refractivity contribution in [2.45, 2.75) is 52.6 Å². The van der Waals surface area contributed by atoms with E-state index in [1.807, 2.05) is 22.6 Å². The van der Waals surface area contributed by atoms with Gasteiger partial charge in [0.2, 0.25) is 0 Å². The van der Waals surface area contributed by atoms with Gasteiger partial charge < -0.3 is 0 Å². The summed E-state index contributed by atoms with van der Waals surface area (Å²) >= 11 is 1.87. The van der Waals surface area contributed by atoms with Crippen LogP contribution in [-0.4, -0.2) is 27.3 Å². The maximum Gasteiger partial charge on any atom is 0.192 e. The van der Waals surface area contributed by atoms with Crippen molar-refractivity contribution in [2.24, 2.45) is 0 Å². The molecule has 3 heteroatoms. The largest absolute Gasteiger partial charge is 0.299 e. The summed E-state index contributed by atoms with van der Waals surface area (Å²) < 4.78 is 0.269. The molecule has 0 saturated carbocycles. The van der Waals surface area contributed by atoms with E-state index >= 15 is 0 Å². The standard InChI is InChI=1S/C10H20INO/c1-8(2)12(9(3)4)7-5-6-10(11)13/h8-9H,5-7H2,1-4H3. The molecular formula is C10H20INO. The lowest BCUT2D eigenvalue weighted by atomic mass is 10.2. The maximum atomic E-state index is 10.7. The van der Waals surface area contributed by atoms with Crippen molar-refractivity contribution in [3.05, 3.63) is 0 Å². The predicted molar refractivity (Wildman–Crippen MR) is 65.2 cm³/mol. The summed E-state index contributed by atoms with van der Waals surface area (Å²) in [7, 11) is 0. The molecule has 0 heterocycles. The van der Waals surface area contributed by atoms with Gasteiger partial charge in [0.25, 0.3) is 0 Å². The average molecular weight is 297 g/mol. The highest BCUT2D eigenvalue weighted by Gasteiger charge is 2.12. The van der Waals surface area contributed by atoms with Crippen molar-refractivity contribution in [3.8, 4) is 0 Å². The summed E-state index contributed by atoms with van der Waals surface area (Å²) in [6, 6.07) is 1.15. The Kier molecular flexibility index (Phi) is 6.95. The third-order valence-corrected chi connectivity index (χ3v) is 2.66. The van der Waals surface area contributed by atoms with Gasteiger partial charge in [-0.2, -0.15) is 0 Å². The van der Waals surface area contributed by atoms with Gasteiger partial charge >= 0.3 is 0 Å². The third-order valence-electron chi connectivity index (χ3n) is 2.12. The second kappa shape index (κ2) is 6.76. The first kappa shape index (κ1) is 13.4. The van der Waals surface area contributed by atoms with Crippen LogP contribution in [0.4, 0.5) is 0 Å². The molecule has 13 heavy (non-hydrogen) atoms. The van der Waals surface area contributed by atoms with Gasteiger partial charge in [0.15, 0.2) is 3.79 Å². The highest BCUT2D eigenvalue weighted by atomic mass is 127. The lowest BCUT2D eigenvalue weighted by Gasteiger charge is -2.30. The quantitative estimate of drug-likeness (QED) is 0.555. The van der Waals surface area contributed by atoms with Crippen LogP contribution in [0.15, 0.2) is 0 Å². The fraction of sp³-hybridized carbons (Fsp3) is 0.900. The van der Waals surface area contributed by atoms with Crippen LogP contribution in [0.3, 0.4) is 0 Å². The Labute approximate surface area is 95.2 Å². The third kappa shape index (κ3) is 6.43. The number of carbonyl (C=O) groups is 1. The number of carbonyl (C=O) groups excluding carboxylic acids is 1. The second-order valence-corrected chi connectivity index (χ2v) is 5.09. The van der Waals surface area contributed by atoms with Crippen molar-refractivity contribution in [2.75, 3.05) is 6.54 Å². The van der Waals surface area contributed by atoms with E-state index in [1.54, 1.807) is 0 Å². The van der Waals surface area contributed by atoms with Crippen LogP contribution >= 0.6 is 22.6 Å². The Balaban J connectivity index is 3.77. The molecule has 78 valence electrons. The molecule has 0 bridgehead atoms. The van der Waals surface area contributed by atoms with Crippen LogP contribution in [0.25, 0.3) is 0 Å². The molecule has 0 aromatic carbocycles. The Bertz CT molecular complexity index is 149. The van der Waals surface area contributed by atoms with E-state index in [0.717, 1.165) is 13.0 Å². The minimum atomic E-state index is 0.269. The molecule has 2 nitrogen and oxygen atoms in total. The number of halogens is 1. The molecular weight excluding hydrogens is 277 g/mol. The van der Waals surface area contributed by atoms with Crippen LogP contribution in [0, 0.1) is 0 Å². The zero-order valence-electron chi connectivity index (χ0n) is 9.01. The molecule has 0 amide bonds. The number of hydrogen-bond donors (Lipinski definition) is 0. The second-order valence-electron chi connectivity index (χ2n) is 3.88. The molecule has 0 unspecified atom stereocenters. The van der Waals surface area contributed by atoms with Gasteiger partial charge in [-0.05, 0) is 63.3 Å². The molecule has 0 rings (SSSR count). The van der Waals surface area contributed by atoms with Crippen molar-refractivity contribution < 1.29 is 4.79 Å². The molecule has 0 aliphatic heterocycles. The Morgan fingerprint density at radius 2 is 1.69 bits per heavy atom. The van der Waals surface area contributed by atoms with E-state index in [-0.39, 0.29) is 3.79 Å². The minimum Gasteiger partial charge on any atom is -0.299 e. The molecule has 0 fully saturated rings. The summed E-state index contributed by atoms with van der Waals surface area (Å²) in [5.41, 5.74) is 0. The molecule has 0 aromatic heterocycles. The molecule has 0 aliphatic rings. The number of rotatable bonds is 6. The zero-order chi connectivity index (χ0) is 10.4. The van der Waals surface area contributed by atoms with E-state index in [9.17, 15) is 4.79 Å². The van der Waals surface area contributed by atoms with Crippen LogP contribution in [-0.2, 0) is 4.79 Å². The topological polar surface area (TPSA) is 20.3 Å². The van der Waals surface area contributed by atoms with Gasteiger partial charge in [0.05, 0.1) is 0 Å². The zero-order valence-corrected chi connectivity index (χ0v) is 11.2. The monoisotopic (exact) mass is 297 g/mol. The summed E-state index contributed by atoms with van der Waals surface area (Å²) in [6.45, 7) is 9.83. The van der Waals surface area contributed by atoms with E-state index in [2.05, 4.69) is 32.6 Å². The van der Waals surface area contributed by atoms with Gasteiger partial charge in [0, 0.05) is 18.5 Å². The van der Waals surface area contributed by atoms with Crippen LogP contribution in [0.1, 0.15) is 40.5 Å². The van der Waals surface area contributed by atoms with Crippen LogP contribution in [0.5, 0.6) is 0 Å². The van der Waals surface area contributed by atoms with Crippen molar-refractivity contribution in [1.82, 2.24) is 4.90 Å². The number of nitrogens with zero attached hydrogens (tertiary/aromatic N) is 1. The van der Waals surface area contributed by atoms with Crippen molar-refractivity contribution >= 4 is 26.4 Å². The average Bonchev–Trinajstić information content (AvgIpc) is 1.95. The molecule has 0 saturated heterocycles. The molecule has 0 atom stereocenters. The minimum absolute atomic E-state index is 0.269. The summed E-state index contributed by atoms with van der Waals surface area (Å²) in [6.07, 6.45) is 1.69. The molecule has 0 aliphatic carbocycles. The Morgan fingerprint density at radius 3 is 2.00 bits per heavy atom. The first-order chi connectivity index (χ1) is 5.95. The SMILES string of the molecule is CC(C)N(CCCC(=O)I)C(C)C. The lowest BCUT2D eigenvalue weighted by Crippen LogP contribution is -2.37.